The molecule has 0 saturated carbocycles. The SMILES string of the molecule is O=C(O)[C@@H](c1ccccc1)N1CCCCC1. The van der Waals surface area contributed by atoms with Gasteiger partial charge in [0, 0.05) is 0 Å². The Labute approximate surface area is 95.7 Å². The fourth-order valence-corrected chi connectivity index (χ4v) is 2.32. The van der Waals surface area contributed by atoms with Crippen LogP contribution in [0.3, 0.4) is 0 Å². The number of carboxylic acids is 1. The Morgan fingerprint density at radius 1 is 1.12 bits per heavy atom. The van der Waals surface area contributed by atoms with E-state index in [1.807, 2.05) is 30.3 Å². The molecular weight excluding hydrogens is 202 g/mol. The monoisotopic (exact) mass is 219 g/mol. The zero-order valence-corrected chi connectivity index (χ0v) is 9.30. The second-order valence-electron chi connectivity index (χ2n) is 4.25. The van der Waals surface area contributed by atoms with Gasteiger partial charge >= 0.3 is 5.97 Å². The molecule has 16 heavy (non-hydrogen) atoms. The number of nitrogens with zero attached hydrogens (tertiary/aromatic N) is 1. The van der Waals surface area contributed by atoms with Gasteiger partial charge in [0.05, 0.1) is 0 Å². The molecule has 0 aliphatic carbocycles. The lowest BCUT2D eigenvalue weighted by molar-refractivity contribution is -0.144. The molecule has 1 heterocycles. The molecule has 0 spiro atoms. The van der Waals surface area contributed by atoms with Crippen molar-refractivity contribution in [2.75, 3.05) is 13.1 Å². The molecule has 2 rings (SSSR count). The van der Waals surface area contributed by atoms with E-state index < -0.39 is 12.0 Å². The number of hydrogen-bond acceptors (Lipinski definition) is 2. The van der Waals surface area contributed by atoms with E-state index in [1.165, 1.54) is 6.42 Å². The number of carbonyl (C=O) groups is 1. The fraction of sp³-hybridized carbons (Fsp3) is 0.462. The minimum absolute atomic E-state index is 0.471. The summed E-state index contributed by atoms with van der Waals surface area (Å²) in [5.74, 6) is -0.742. The number of aliphatic carboxylic acids is 1. The van der Waals surface area contributed by atoms with E-state index >= 15 is 0 Å². The van der Waals surface area contributed by atoms with Gasteiger partial charge in [-0.15, -0.1) is 0 Å². The molecule has 86 valence electrons. The third-order valence-corrected chi connectivity index (χ3v) is 3.11. The zero-order chi connectivity index (χ0) is 11.4. The van der Waals surface area contributed by atoms with Crippen LogP contribution < -0.4 is 0 Å². The molecule has 0 radical (unpaired) electrons. The maximum absolute atomic E-state index is 11.4. The first kappa shape index (κ1) is 11.1. The Kier molecular flexibility index (Phi) is 3.57. The van der Waals surface area contributed by atoms with E-state index in [-0.39, 0.29) is 0 Å². The van der Waals surface area contributed by atoms with Crippen LogP contribution in [0.15, 0.2) is 30.3 Å². The lowest BCUT2D eigenvalue weighted by atomic mass is 10.0. The Bertz CT molecular complexity index is 344. The van der Waals surface area contributed by atoms with Crippen LogP contribution in [0.2, 0.25) is 0 Å². The van der Waals surface area contributed by atoms with Crippen molar-refractivity contribution in [1.29, 1.82) is 0 Å². The van der Waals surface area contributed by atoms with Gasteiger partial charge in [0.25, 0.3) is 0 Å². The largest absolute Gasteiger partial charge is 0.480 e. The summed E-state index contributed by atoms with van der Waals surface area (Å²) in [6.45, 7) is 1.79. The van der Waals surface area contributed by atoms with Crippen molar-refractivity contribution in [3.05, 3.63) is 35.9 Å². The molecule has 3 nitrogen and oxygen atoms in total. The fourth-order valence-electron chi connectivity index (χ4n) is 2.32. The molecule has 0 bridgehead atoms. The van der Waals surface area contributed by atoms with E-state index in [2.05, 4.69) is 4.90 Å². The van der Waals surface area contributed by atoms with Gasteiger partial charge in [0.2, 0.25) is 0 Å². The second kappa shape index (κ2) is 5.12. The van der Waals surface area contributed by atoms with Crippen LogP contribution in [-0.2, 0) is 4.79 Å². The summed E-state index contributed by atoms with van der Waals surface area (Å²) in [6, 6.07) is 9.03. The smallest absolute Gasteiger partial charge is 0.325 e. The zero-order valence-electron chi connectivity index (χ0n) is 9.30. The molecular formula is C13H17NO2. The van der Waals surface area contributed by atoms with E-state index in [4.69, 9.17) is 0 Å². The van der Waals surface area contributed by atoms with E-state index in [0.717, 1.165) is 31.5 Å². The third kappa shape index (κ3) is 2.42. The maximum atomic E-state index is 11.4. The molecule has 1 saturated heterocycles. The first-order chi connectivity index (χ1) is 7.79. The van der Waals surface area contributed by atoms with Crippen molar-refractivity contribution < 1.29 is 9.90 Å². The molecule has 1 N–H and O–H groups in total. The summed E-state index contributed by atoms with van der Waals surface area (Å²) in [5.41, 5.74) is 0.886. The minimum Gasteiger partial charge on any atom is -0.480 e. The van der Waals surface area contributed by atoms with Gasteiger partial charge < -0.3 is 5.11 Å². The number of benzene rings is 1. The summed E-state index contributed by atoms with van der Waals surface area (Å²) < 4.78 is 0. The van der Waals surface area contributed by atoms with Crippen molar-refractivity contribution in [2.24, 2.45) is 0 Å². The van der Waals surface area contributed by atoms with Gasteiger partial charge in [0.15, 0.2) is 0 Å². The van der Waals surface area contributed by atoms with Crippen LogP contribution in [0, 0.1) is 0 Å². The first-order valence-corrected chi connectivity index (χ1v) is 5.81. The highest BCUT2D eigenvalue weighted by atomic mass is 16.4. The number of piperidine rings is 1. The normalized spacial score (nSPS) is 19.2. The number of hydrogen-bond donors (Lipinski definition) is 1. The molecule has 3 heteroatoms. The molecule has 1 fully saturated rings. The van der Waals surface area contributed by atoms with Crippen molar-refractivity contribution >= 4 is 5.97 Å². The number of carboxylic acid groups (broad SMARTS) is 1. The number of rotatable bonds is 3. The average molecular weight is 219 g/mol. The summed E-state index contributed by atoms with van der Waals surface area (Å²) in [5, 5.41) is 9.34. The molecule has 0 amide bonds. The van der Waals surface area contributed by atoms with Crippen molar-refractivity contribution in [3.63, 3.8) is 0 Å². The Hall–Kier alpha value is -1.35. The van der Waals surface area contributed by atoms with Crippen molar-refractivity contribution in [1.82, 2.24) is 4.90 Å². The van der Waals surface area contributed by atoms with Gasteiger partial charge in [-0.2, -0.15) is 0 Å². The summed E-state index contributed by atoms with van der Waals surface area (Å²) in [4.78, 5) is 13.4. The lowest BCUT2D eigenvalue weighted by Gasteiger charge is -2.32. The lowest BCUT2D eigenvalue weighted by Crippen LogP contribution is -2.37. The highest BCUT2D eigenvalue weighted by Crippen LogP contribution is 2.24. The second-order valence-corrected chi connectivity index (χ2v) is 4.25. The molecule has 1 aromatic carbocycles. The van der Waals surface area contributed by atoms with Gasteiger partial charge in [-0.3, -0.25) is 9.69 Å². The van der Waals surface area contributed by atoms with Crippen LogP contribution >= 0.6 is 0 Å². The predicted molar refractivity (Wildman–Crippen MR) is 62.2 cm³/mol. The van der Waals surface area contributed by atoms with Gasteiger partial charge in [-0.25, -0.2) is 0 Å². The number of likely N-dealkylation sites (tertiary alicyclic amines) is 1. The van der Waals surface area contributed by atoms with Gasteiger partial charge in [-0.1, -0.05) is 36.8 Å². The molecule has 0 unspecified atom stereocenters. The topological polar surface area (TPSA) is 40.5 Å². The Morgan fingerprint density at radius 2 is 1.75 bits per heavy atom. The van der Waals surface area contributed by atoms with E-state index in [0.29, 0.717) is 0 Å². The van der Waals surface area contributed by atoms with Crippen LogP contribution in [0.4, 0.5) is 0 Å². The van der Waals surface area contributed by atoms with Crippen LogP contribution in [0.5, 0.6) is 0 Å². The minimum atomic E-state index is -0.742. The van der Waals surface area contributed by atoms with Crippen LogP contribution in [0.1, 0.15) is 30.9 Å². The third-order valence-electron chi connectivity index (χ3n) is 3.11. The molecule has 1 aliphatic rings. The maximum Gasteiger partial charge on any atom is 0.325 e. The van der Waals surface area contributed by atoms with Crippen LogP contribution in [-0.4, -0.2) is 29.1 Å². The molecule has 0 aromatic heterocycles. The van der Waals surface area contributed by atoms with E-state index in [1.54, 1.807) is 0 Å². The standard InChI is InChI=1S/C13H17NO2/c15-13(16)12(11-7-3-1-4-8-11)14-9-5-2-6-10-14/h1,3-4,7-8,12H,2,5-6,9-10H2,(H,15,16)/t12-/m1/s1. The molecule has 1 atom stereocenters. The average Bonchev–Trinajstić information content (AvgIpc) is 2.31. The molecule has 1 aliphatic heterocycles. The van der Waals surface area contributed by atoms with Gasteiger partial charge in [0.1, 0.15) is 6.04 Å². The van der Waals surface area contributed by atoms with Crippen molar-refractivity contribution in [3.8, 4) is 0 Å². The highest BCUT2D eigenvalue weighted by Gasteiger charge is 2.27. The summed E-state index contributed by atoms with van der Waals surface area (Å²) in [7, 11) is 0. The highest BCUT2D eigenvalue weighted by molar-refractivity contribution is 5.75. The van der Waals surface area contributed by atoms with Crippen molar-refractivity contribution in [2.45, 2.75) is 25.3 Å². The summed E-state index contributed by atoms with van der Waals surface area (Å²) in [6.07, 6.45) is 3.44. The van der Waals surface area contributed by atoms with E-state index in [9.17, 15) is 9.90 Å². The summed E-state index contributed by atoms with van der Waals surface area (Å²) >= 11 is 0. The van der Waals surface area contributed by atoms with Gasteiger partial charge in [-0.05, 0) is 31.5 Å². The quantitative estimate of drug-likeness (QED) is 0.848. The molecule has 1 aromatic rings. The predicted octanol–water partition coefficient (Wildman–Crippen LogP) is 2.30. The Balaban J connectivity index is 2.20. The first-order valence-electron chi connectivity index (χ1n) is 5.81. The van der Waals surface area contributed by atoms with Crippen LogP contribution in [0.25, 0.3) is 0 Å². The Morgan fingerprint density at radius 3 is 2.31 bits per heavy atom.